The molecule has 4 bridgehead atoms. The van der Waals surface area contributed by atoms with E-state index in [1.165, 1.54) is 98.9 Å². The molecule has 0 radical (unpaired) electrons. The second-order valence-electron chi connectivity index (χ2n) is 15.5. The summed E-state index contributed by atoms with van der Waals surface area (Å²) in [5.74, 6) is 0. The molecule has 11 rings (SSSR count). The standard InChI is InChI=1S/C40H39Br2N/c1-37-14-18-39(3,19-15-37)31-29(37)22-27-28-23-30-32(40(4)20-16-38(30,2)17-21-40)34(42)36(28)43(35(27)33(31)41)26-12-10-25(11-13-26)24-8-6-5-7-9-24/h5-13,22-23H,14-21H2,1-4H3. The highest BCUT2D eigenvalue weighted by Crippen LogP contribution is 2.62. The molecule has 4 aromatic carbocycles. The van der Waals surface area contributed by atoms with Crippen molar-refractivity contribution < 1.29 is 0 Å². The zero-order valence-electron chi connectivity index (χ0n) is 25.7. The fourth-order valence-corrected chi connectivity index (χ4v) is 12.0. The van der Waals surface area contributed by atoms with Gasteiger partial charge in [-0.3, -0.25) is 0 Å². The first-order valence-corrected chi connectivity index (χ1v) is 17.8. The van der Waals surface area contributed by atoms with Crippen molar-refractivity contribution in [3.63, 3.8) is 0 Å². The van der Waals surface area contributed by atoms with E-state index in [2.05, 4.69) is 131 Å². The van der Waals surface area contributed by atoms with Gasteiger partial charge in [-0.15, -0.1) is 0 Å². The van der Waals surface area contributed by atoms with Crippen LogP contribution in [0.2, 0.25) is 0 Å². The van der Waals surface area contributed by atoms with E-state index in [4.69, 9.17) is 0 Å². The van der Waals surface area contributed by atoms with Gasteiger partial charge in [0, 0.05) is 25.4 Å². The van der Waals surface area contributed by atoms with E-state index < -0.39 is 0 Å². The van der Waals surface area contributed by atoms with Gasteiger partial charge in [-0.2, -0.15) is 0 Å². The number of halogens is 2. The van der Waals surface area contributed by atoms with Gasteiger partial charge in [0.15, 0.2) is 0 Å². The summed E-state index contributed by atoms with van der Waals surface area (Å²) in [6.07, 6.45) is 10.3. The average Bonchev–Trinajstić information content (AvgIpc) is 3.35. The number of rotatable bonds is 2. The van der Waals surface area contributed by atoms with Crippen LogP contribution in [-0.2, 0) is 21.7 Å². The van der Waals surface area contributed by atoms with Crippen LogP contribution < -0.4 is 0 Å². The van der Waals surface area contributed by atoms with Crippen LogP contribution in [0.3, 0.4) is 0 Å². The summed E-state index contributed by atoms with van der Waals surface area (Å²) in [6.45, 7) is 10.1. The molecule has 1 heterocycles. The summed E-state index contributed by atoms with van der Waals surface area (Å²) in [6, 6.07) is 25.3. The largest absolute Gasteiger partial charge is 0.307 e. The Balaban J connectivity index is 1.41. The Labute approximate surface area is 272 Å². The third-order valence-corrected chi connectivity index (χ3v) is 14.4. The molecular weight excluding hydrogens is 654 g/mol. The van der Waals surface area contributed by atoms with Crippen LogP contribution in [0.5, 0.6) is 0 Å². The predicted molar refractivity (Wildman–Crippen MR) is 188 cm³/mol. The van der Waals surface area contributed by atoms with Crippen molar-refractivity contribution in [3.05, 3.63) is 97.9 Å². The van der Waals surface area contributed by atoms with Crippen molar-refractivity contribution in [2.45, 2.75) is 101 Å². The molecule has 43 heavy (non-hydrogen) atoms. The van der Waals surface area contributed by atoms with E-state index >= 15 is 0 Å². The summed E-state index contributed by atoms with van der Waals surface area (Å²) in [5, 5.41) is 2.81. The summed E-state index contributed by atoms with van der Waals surface area (Å²) in [4.78, 5) is 0. The van der Waals surface area contributed by atoms with Gasteiger partial charge in [0.25, 0.3) is 0 Å². The maximum atomic E-state index is 4.34. The molecule has 3 heteroatoms. The Hall–Kier alpha value is -2.36. The maximum Gasteiger partial charge on any atom is 0.0686 e. The highest BCUT2D eigenvalue weighted by molar-refractivity contribution is 9.11. The molecule has 0 saturated heterocycles. The second kappa shape index (κ2) is 8.67. The Morgan fingerprint density at radius 2 is 0.907 bits per heavy atom. The van der Waals surface area contributed by atoms with Crippen molar-refractivity contribution >= 4 is 53.7 Å². The summed E-state index contributed by atoms with van der Waals surface area (Å²) in [7, 11) is 0. The molecule has 2 fully saturated rings. The normalized spacial score (nSPS) is 30.7. The molecule has 1 aromatic heterocycles. The lowest BCUT2D eigenvalue weighted by molar-refractivity contribution is 0.187. The number of aromatic nitrogens is 1. The molecule has 0 N–H and O–H groups in total. The molecule has 6 aliphatic rings. The van der Waals surface area contributed by atoms with Gasteiger partial charge in [-0.25, -0.2) is 0 Å². The fourth-order valence-electron chi connectivity index (χ4n) is 9.81. The first-order chi connectivity index (χ1) is 20.6. The number of hydrogen-bond acceptors (Lipinski definition) is 0. The van der Waals surface area contributed by atoms with Gasteiger partial charge in [0.2, 0.25) is 0 Å². The highest BCUT2D eigenvalue weighted by Gasteiger charge is 2.51. The topological polar surface area (TPSA) is 4.93 Å². The van der Waals surface area contributed by atoms with Crippen LogP contribution in [0.1, 0.15) is 101 Å². The maximum absolute atomic E-state index is 4.34. The van der Waals surface area contributed by atoms with E-state index in [1.54, 1.807) is 22.3 Å². The Bertz CT molecular complexity index is 1880. The quantitative estimate of drug-likeness (QED) is 0.173. The second-order valence-corrected chi connectivity index (χ2v) is 17.1. The third kappa shape index (κ3) is 3.45. The van der Waals surface area contributed by atoms with E-state index in [1.807, 2.05) is 0 Å². The van der Waals surface area contributed by atoms with Crippen LogP contribution in [0.25, 0.3) is 38.6 Å². The minimum atomic E-state index is 0.231. The molecule has 5 aromatic rings. The number of benzene rings is 4. The number of fused-ring (bicyclic) bond motifs is 7. The molecule has 1 nitrogen and oxygen atoms in total. The van der Waals surface area contributed by atoms with Crippen LogP contribution in [0.4, 0.5) is 0 Å². The first kappa shape index (κ1) is 27.0. The van der Waals surface area contributed by atoms with Gasteiger partial charge in [0.05, 0.1) is 11.0 Å². The smallest absolute Gasteiger partial charge is 0.0686 e. The molecule has 218 valence electrons. The Morgan fingerprint density at radius 3 is 1.35 bits per heavy atom. The minimum absolute atomic E-state index is 0.231. The number of nitrogens with zero attached hydrogens (tertiary/aromatic N) is 1. The van der Waals surface area contributed by atoms with Gasteiger partial charge in [0.1, 0.15) is 0 Å². The predicted octanol–water partition coefficient (Wildman–Crippen LogP) is 12.2. The van der Waals surface area contributed by atoms with Crippen molar-refractivity contribution in [2.75, 3.05) is 0 Å². The zero-order chi connectivity index (χ0) is 29.5. The Kier molecular flexibility index (Phi) is 5.44. The summed E-state index contributed by atoms with van der Waals surface area (Å²) < 4.78 is 5.24. The molecule has 0 spiro atoms. The van der Waals surface area contributed by atoms with E-state index in [-0.39, 0.29) is 21.7 Å². The first-order valence-electron chi connectivity index (χ1n) is 16.3. The summed E-state index contributed by atoms with van der Waals surface area (Å²) in [5.41, 5.74) is 13.8. The lowest BCUT2D eigenvalue weighted by atomic mass is 9.52. The molecule has 0 amide bonds. The molecule has 6 aliphatic carbocycles. The Morgan fingerprint density at radius 1 is 0.512 bits per heavy atom. The van der Waals surface area contributed by atoms with E-state index in [0.29, 0.717) is 0 Å². The van der Waals surface area contributed by atoms with E-state index in [0.717, 1.165) is 0 Å². The fraction of sp³-hybridized carbons (Fsp3) is 0.400. The van der Waals surface area contributed by atoms with Gasteiger partial charge >= 0.3 is 0 Å². The van der Waals surface area contributed by atoms with Crippen LogP contribution in [0, 0.1) is 0 Å². The highest BCUT2D eigenvalue weighted by atomic mass is 79.9. The molecule has 2 saturated carbocycles. The summed E-state index contributed by atoms with van der Waals surface area (Å²) >= 11 is 8.67. The molecular formula is C40H39Br2N. The average molecular weight is 694 g/mol. The lowest BCUT2D eigenvalue weighted by Crippen LogP contribution is -2.44. The minimum Gasteiger partial charge on any atom is -0.307 e. The third-order valence-electron chi connectivity index (χ3n) is 12.9. The molecule has 0 atom stereocenters. The monoisotopic (exact) mass is 691 g/mol. The SMILES string of the molecule is CC12CCC(C)(CC1)c1c2cc2c3cc4c(c(Br)c3n(-c3ccc(-c5ccccc5)cc3)c2c1Br)C1(C)CCC4(C)CC1. The van der Waals surface area contributed by atoms with Crippen molar-refractivity contribution in [1.82, 2.24) is 4.57 Å². The van der Waals surface area contributed by atoms with Gasteiger partial charge < -0.3 is 4.57 Å². The number of hydrogen-bond donors (Lipinski definition) is 0. The molecule has 0 aliphatic heterocycles. The van der Waals surface area contributed by atoms with Crippen molar-refractivity contribution in [2.24, 2.45) is 0 Å². The lowest BCUT2D eigenvalue weighted by Gasteiger charge is -2.52. The van der Waals surface area contributed by atoms with Crippen LogP contribution in [-0.4, -0.2) is 4.57 Å². The van der Waals surface area contributed by atoms with Gasteiger partial charge in [-0.05, 0) is 163 Å². The van der Waals surface area contributed by atoms with Crippen LogP contribution >= 0.6 is 31.9 Å². The van der Waals surface area contributed by atoms with Crippen LogP contribution in [0.15, 0.2) is 75.7 Å². The van der Waals surface area contributed by atoms with Crippen molar-refractivity contribution in [1.29, 1.82) is 0 Å². The van der Waals surface area contributed by atoms with Crippen molar-refractivity contribution in [3.8, 4) is 16.8 Å². The zero-order valence-corrected chi connectivity index (χ0v) is 28.9. The van der Waals surface area contributed by atoms with E-state index in [9.17, 15) is 0 Å². The molecule has 0 unspecified atom stereocenters. The van der Waals surface area contributed by atoms with Gasteiger partial charge in [-0.1, -0.05) is 70.2 Å².